The molecule has 1 aliphatic heterocycles. The number of phenols is 2. The number of ether oxygens (including phenoxy) is 1. The van der Waals surface area contributed by atoms with Crippen LogP contribution >= 0.6 is 0 Å². The number of unbranched alkanes of at least 4 members (excludes halogenated alkanes) is 1. The van der Waals surface area contributed by atoms with Gasteiger partial charge in [-0.25, -0.2) is 0 Å². The van der Waals surface area contributed by atoms with Crippen LogP contribution in [0, 0.1) is 0 Å². The summed E-state index contributed by atoms with van der Waals surface area (Å²) in [4.78, 5) is 0. The third-order valence-electron chi connectivity index (χ3n) is 7.18. The first-order valence-electron chi connectivity index (χ1n) is 11.9. The average Bonchev–Trinajstić information content (AvgIpc) is 2.86. The highest BCUT2D eigenvalue weighted by Crippen LogP contribution is 2.58. The molecule has 6 rings (SSSR count). The summed E-state index contributed by atoms with van der Waals surface area (Å²) in [5.41, 5.74) is 2.81. The number of rotatable bonds is 4. The van der Waals surface area contributed by atoms with Crippen LogP contribution in [-0.2, 0) is 5.41 Å². The lowest BCUT2D eigenvalue weighted by molar-refractivity contribution is 0.406. The van der Waals surface area contributed by atoms with Gasteiger partial charge in [0.05, 0.1) is 5.41 Å². The SMILES string of the molecule is CCCCC1(c2ccccc2)c2c(ccc3ccc(O)cc23)Oc2ccc3ccc(O)cc3c21. The van der Waals surface area contributed by atoms with E-state index in [1.165, 1.54) is 5.56 Å². The van der Waals surface area contributed by atoms with E-state index in [-0.39, 0.29) is 11.5 Å². The van der Waals surface area contributed by atoms with Gasteiger partial charge < -0.3 is 14.9 Å². The van der Waals surface area contributed by atoms with E-state index in [1.54, 1.807) is 12.1 Å². The second-order valence-corrected chi connectivity index (χ2v) is 9.17. The Bertz CT molecular complexity index is 1440. The maximum Gasteiger partial charge on any atom is 0.132 e. The molecule has 0 bridgehead atoms. The van der Waals surface area contributed by atoms with Gasteiger partial charge in [-0.1, -0.05) is 74.4 Å². The molecule has 0 radical (unpaired) electrons. The van der Waals surface area contributed by atoms with Gasteiger partial charge in [0.1, 0.15) is 23.0 Å². The third-order valence-corrected chi connectivity index (χ3v) is 7.18. The molecule has 1 heterocycles. The van der Waals surface area contributed by atoms with Crippen molar-refractivity contribution in [2.45, 2.75) is 31.6 Å². The van der Waals surface area contributed by atoms with Crippen molar-refractivity contribution < 1.29 is 14.9 Å². The van der Waals surface area contributed by atoms with Crippen molar-refractivity contribution in [2.24, 2.45) is 0 Å². The van der Waals surface area contributed by atoms with E-state index in [4.69, 9.17) is 4.74 Å². The summed E-state index contributed by atoms with van der Waals surface area (Å²) < 4.78 is 6.57. The molecule has 0 saturated carbocycles. The van der Waals surface area contributed by atoms with Crippen molar-refractivity contribution in [2.75, 3.05) is 0 Å². The number of hydrogen-bond donors (Lipinski definition) is 2. The fraction of sp³-hybridized carbons (Fsp3) is 0.161. The Labute approximate surface area is 198 Å². The minimum absolute atomic E-state index is 0.236. The first-order valence-corrected chi connectivity index (χ1v) is 11.9. The van der Waals surface area contributed by atoms with Crippen molar-refractivity contribution >= 4 is 21.5 Å². The van der Waals surface area contributed by atoms with Gasteiger partial charge in [-0.3, -0.25) is 0 Å². The Morgan fingerprint density at radius 1 is 0.676 bits per heavy atom. The molecule has 34 heavy (non-hydrogen) atoms. The molecule has 0 aliphatic carbocycles. The molecule has 0 unspecified atom stereocenters. The van der Waals surface area contributed by atoms with Gasteiger partial charge in [-0.15, -0.1) is 0 Å². The predicted octanol–water partition coefficient (Wildman–Crippen LogP) is 8.03. The van der Waals surface area contributed by atoms with Crippen LogP contribution in [0.3, 0.4) is 0 Å². The second-order valence-electron chi connectivity index (χ2n) is 9.17. The highest BCUT2D eigenvalue weighted by Gasteiger charge is 2.45. The molecule has 0 amide bonds. The maximum atomic E-state index is 10.5. The molecule has 2 N–H and O–H groups in total. The molecule has 0 saturated heterocycles. The van der Waals surface area contributed by atoms with E-state index < -0.39 is 5.41 Å². The molecule has 3 nitrogen and oxygen atoms in total. The molecule has 0 atom stereocenters. The van der Waals surface area contributed by atoms with E-state index in [1.807, 2.05) is 42.5 Å². The van der Waals surface area contributed by atoms with Crippen molar-refractivity contribution in [3.05, 3.63) is 108 Å². The molecular weight excluding hydrogens is 420 g/mol. The van der Waals surface area contributed by atoms with Crippen LogP contribution in [0.1, 0.15) is 42.9 Å². The standard InChI is InChI=1S/C31H26O3/c1-2-3-17-31(22-7-5-4-6-8-22)29-25-18-23(32)13-9-20(25)11-15-27(29)34-28-16-12-21-10-14-24(33)19-26(21)30(28)31/h4-16,18-19,32-33H,2-3,17H2,1H3. The van der Waals surface area contributed by atoms with E-state index in [0.717, 1.165) is 63.4 Å². The number of fused-ring (bicyclic) bond motifs is 6. The number of aromatic hydroxyl groups is 2. The normalized spacial score (nSPS) is 13.9. The van der Waals surface area contributed by atoms with Gasteiger partial charge in [0, 0.05) is 11.1 Å². The quantitative estimate of drug-likeness (QED) is 0.294. The summed E-state index contributed by atoms with van der Waals surface area (Å²) in [6, 6.07) is 29.9. The summed E-state index contributed by atoms with van der Waals surface area (Å²) in [5.74, 6) is 2.09. The molecule has 3 heteroatoms. The van der Waals surface area contributed by atoms with Crippen molar-refractivity contribution in [3.63, 3.8) is 0 Å². The lowest BCUT2D eigenvalue weighted by atomic mass is 9.63. The van der Waals surface area contributed by atoms with Gasteiger partial charge in [0.15, 0.2) is 0 Å². The summed E-state index contributed by atoms with van der Waals surface area (Å²) in [5, 5.41) is 25.0. The summed E-state index contributed by atoms with van der Waals surface area (Å²) in [6.07, 6.45) is 2.94. The van der Waals surface area contributed by atoms with Gasteiger partial charge in [0.2, 0.25) is 0 Å². The Kier molecular flexibility index (Phi) is 4.73. The maximum absolute atomic E-state index is 10.5. The van der Waals surface area contributed by atoms with Crippen LogP contribution in [0.5, 0.6) is 23.0 Å². The van der Waals surface area contributed by atoms with Gasteiger partial charge in [-0.2, -0.15) is 0 Å². The fourth-order valence-electron chi connectivity index (χ4n) is 5.72. The summed E-state index contributed by atoms with van der Waals surface area (Å²) in [6.45, 7) is 2.21. The summed E-state index contributed by atoms with van der Waals surface area (Å²) >= 11 is 0. The molecule has 0 spiro atoms. The van der Waals surface area contributed by atoms with Gasteiger partial charge >= 0.3 is 0 Å². The minimum Gasteiger partial charge on any atom is -0.508 e. The molecule has 168 valence electrons. The zero-order chi connectivity index (χ0) is 23.3. The van der Waals surface area contributed by atoms with Crippen LogP contribution in [0.2, 0.25) is 0 Å². The van der Waals surface area contributed by atoms with Crippen LogP contribution in [0.4, 0.5) is 0 Å². The molecule has 1 aliphatic rings. The first-order chi connectivity index (χ1) is 16.6. The smallest absolute Gasteiger partial charge is 0.132 e. The van der Waals surface area contributed by atoms with Crippen LogP contribution < -0.4 is 4.74 Å². The predicted molar refractivity (Wildman–Crippen MR) is 137 cm³/mol. The molecule has 5 aromatic rings. The largest absolute Gasteiger partial charge is 0.508 e. The van der Waals surface area contributed by atoms with Crippen LogP contribution in [0.25, 0.3) is 21.5 Å². The zero-order valence-corrected chi connectivity index (χ0v) is 19.1. The monoisotopic (exact) mass is 446 g/mol. The Balaban J connectivity index is 1.84. The number of phenolic OH excluding ortho intramolecular Hbond substituents is 2. The lowest BCUT2D eigenvalue weighted by Crippen LogP contribution is -2.33. The molecule has 0 fully saturated rings. The average molecular weight is 447 g/mol. The highest BCUT2D eigenvalue weighted by molar-refractivity contribution is 5.97. The second kappa shape index (κ2) is 7.81. The molecule has 5 aromatic carbocycles. The lowest BCUT2D eigenvalue weighted by Gasteiger charge is -2.42. The fourth-order valence-corrected chi connectivity index (χ4v) is 5.72. The van der Waals surface area contributed by atoms with Crippen molar-refractivity contribution in [1.29, 1.82) is 0 Å². The Morgan fingerprint density at radius 3 is 1.74 bits per heavy atom. The van der Waals surface area contributed by atoms with Crippen LogP contribution in [-0.4, -0.2) is 10.2 Å². The van der Waals surface area contributed by atoms with E-state index >= 15 is 0 Å². The Morgan fingerprint density at radius 2 is 1.21 bits per heavy atom. The number of hydrogen-bond acceptors (Lipinski definition) is 3. The van der Waals surface area contributed by atoms with Crippen molar-refractivity contribution in [1.82, 2.24) is 0 Å². The van der Waals surface area contributed by atoms with E-state index in [9.17, 15) is 10.2 Å². The van der Waals surface area contributed by atoms with E-state index in [0.29, 0.717) is 0 Å². The zero-order valence-electron chi connectivity index (χ0n) is 19.1. The number of benzene rings is 5. The molecular formula is C31H26O3. The van der Waals surface area contributed by atoms with Gasteiger partial charge in [0.25, 0.3) is 0 Å². The minimum atomic E-state index is -0.513. The molecule has 0 aromatic heterocycles. The Hall–Kier alpha value is -3.98. The topological polar surface area (TPSA) is 49.7 Å². The van der Waals surface area contributed by atoms with E-state index in [2.05, 4.69) is 43.3 Å². The van der Waals surface area contributed by atoms with Crippen molar-refractivity contribution in [3.8, 4) is 23.0 Å². The highest BCUT2D eigenvalue weighted by atomic mass is 16.5. The summed E-state index contributed by atoms with van der Waals surface area (Å²) in [7, 11) is 0. The first kappa shape index (κ1) is 20.6. The van der Waals surface area contributed by atoms with Gasteiger partial charge in [-0.05, 0) is 69.9 Å². The van der Waals surface area contributed by atoms with Crippen LogP contribution in [0.15, 0.2) is 91.0 Å². The third kappa shape index (κ3) is 2.97.